The fraction of sp³-hybridized carbons (Fsp3) is 0.476. The molecule has 1 heterocycles. The zero-order valence-electron chi connectivity index (χ0n) is 16.5. The minimum absolute atomic E-state index is 0.670. The Kier molecular flexibility index (Phi) is 6.40. The highest BCUT2D eigenvalue weighted by atomic mass is 15.1. The second-order valence-electron chi connectivity index (χ2n) is 7.55. The third-order valence-corrected chi connectivity index (χ3v) is 5.53. The first-order valence-corrected chi connectivity index (χ1v) is 9.61. The number of benzene rings is 1. The van der Waals surface area contributed by atoms with Crippen molar-refractivity contribution in [3.8, 4) is 0 Å². The van der Waals surface area contributed by atoms with Crippen LogP contribution in [-0.4, -0.2) is 55.5 Å². The highest BCUT2D eigenvalue weighted by Crippen LogP contribution is 2.27. The number of aliphatic imine (C=N–C) groups is 1. The Bertz CT molecular complexity index is 819. The van der Waals surface area contributed by atoms with Crippen LogP contribution in [0, 0.1) is 5.92 Å². The molecule has 1 aromatic carbocycles. The van der Waals surface area contributed by atoms with Crippen molar-refractivity contribution in [3.05, 3.63) is 36.0 Å². The van der Waals surface area contributed by atoms with Crippen LogP contribution in [0.15, 0.2) is 40.6 Å². The van der Waals surface area contributed by atoms with Crippen molar-refractivity contribution in [1.82, 2.24) is 9.88 Å². The topological polar surface area (TPSA) is 78.9 Å². The van der Waals surface area contributed by atoms with Gasteiger partial charge in [0.1, 0.15) is 11.5 Å². The predicted molar refractivity (Wildman–Crippen MR) is 115 cm³/mol. The average molecular weight is 367 g/mol. The van der Waals surface area contributed by atoms with Crippen LogP contribution in [0.1, 0.15) is 31.2 Å². The Morgan fingerprint density at radius 2 is 2.00 bits per heavy atom. The maximum absolute atomic E-state index is 5.49. The lowest BCUT2D eigenvalue weighted by Crippen LogP contribution is -2.33. The molecule has 1 fully saturated rings. The van der Waals surface area contributed by atoms with E-state index >= 15 is 0 Å². The highest BCUT2D eigenvalue weighted by molar-refractivity contribution is 6.38. The smallest absolute Gasteiger partial charge is 0.126 e. The van der Waals surface area contributed by atoms with Gasteiger partial charge < -0.3 is 16.1 Å². The molecular weight excluding hydrogens is 336 g/mol. The lowest BCUT2D eigenvalue weighted by Gasteiger charge is -2.32. The fourth-order valence-electron chi connectivity index (χ4n) is 3.82. The molecule has 6 heteroatoms. The number of nitrogens with two attached hydrogens (primary N) is 1. The molecule has 0 aliphatic heterocycles. The molecule has 3 rings (SSSR count). The minimum atomic E-state index is 0.670. The molecule has 3 N–H and O–H groups in total. The molecule has 0 saturated heterocycles. The monoisotopic (exact) mass is 366 g/mol. The Labute approximate surface area is 161 Å². The predicted octanol–water partition coefficient (Wildman–Crippen LogP) is 3.13. The summed E-state index contributed by atoms with van der Waals surface area (Å²) in [6.07, 6.45) is 8.71. The number of rotatable bonds is 6. The number of nitrogens with one attached hydrogen (secondary N) is 1. The maximum Gasteiger partial charge on any atom is 0.126 e. The average Bonchev–Trinajstić information content (AvgIpc) is 2.70. The number of fused-ring (bicyclic) bond motifs is 1. The summed E-state index contributed by atoms with van der Waals surface area (Å²) < 4.78 is 0. The molecule has 0 amide bonds. The Hall–Kier alpha value is -2.47. The molecule has 0 spiro atoms. The molecule has 144 valence electrons. The highest BCUT2D eigenvalue weighted by Gasteiger charge is 2.22. The van der Waals surface area contributed by atoms with Crippen LogP contribution in [0.25, 0.3) is 10.8 Å². The summed E-state index contributed by atoms with van der Waals surface area (Å²) >= 11 is 0. The van der Waals surface area contributed by atoms with Gasteiger partial charge in [0.15, 0.2) is 0 Å². The van der Waals surface area contributed by atoms with Crippen LogP contribution in [0.4, 0.5) is 5.82 Å². The summed E-state index contributed by atoms with van der Waals surface area (Å²) in [6, 6.07) is 8.95. The van der Waals surface area contributed by atoms with Crippen molar-refractivity contribution < 1.29 is 0 Å². The SMILES string of the molecule is CN=CC(=NN)c1ccc2cnc(NCC3CCC(N(C)C)CC3)cc2c1. The van der Waals surface area contributed by atoms with Crippen molar-refractivity contribution in [2.24, 2.45) is 21.9 Å². The molecule has 1 aliphatic rings. The first kappa shape index (κ1) is 19.3. The van der Waals surface area contributed by atoms with Crippen LogP contribution in [-0.2, 0) is 0 Å². The van der Waals surface area contributed by atoms with Gasteiger partial charge in [-0.15, -0.1) is 0 Å². The van der Waals surface area contributed by atoms with E-state index in [1.165, 1.54) is 25.7 Å². The number of aromatic nitrogens is 1. The Balaban J connectivity index is 1.67. The van der Waals surface area contributed by atoms with Gasteiger partial charge in [0.2, 0.25) is 0 Å². The lowest BCUT2D eigenvalue weighted by molar-refractivity contribution is 0.198. The van der Waals surface area contributed by atoms with E-state index in [1.807, 2.05) is 18.3 Å². The number of nitrogens with zero attached hydrogens (tertiary/aromatic N) is 4. The first-order chi connectivity index (χ1) is 13.1. The number of hydrogen-bond donors (Lipinski definition) is 2. The van der Waals surface area contributed by atoms with E-state index < -0.39 is 0 Å². The van der Waals surface area contributed by atoms with Gasteiger partial charge in [-0.25, -0.2) is 4.98 Å². The minimum Gasteiger partial charge on any atom is -0.370 e. The van der Waals surface area contributed by atoms with E-state index in [0.717, 1.165) is 40.7 Å². The van der Waals surface area contributed by atoms with Gasteiger partial charge in [0.05, 0.1) is 0 Å². The van der Waals surface area contributed by atoms with Crippen molar-refractivity contribution in [1.29, 1.82) is 0 Å². The molecule has 1 aromatic heterocycles. The zero-order chi connectivity index (χ0) is 19.2. The van der Waals surface area contributed by atoms with Crippen LogP contribution in [0.5, 0.6) is 0 Å². The van der Waals surface area contributed by atoms with E-state index in [2.05, 4.69) is 51.5 Å². The second kappa shape index (κ2) is 8.95. The van der Waals surface area contributed by atoms with Crippen LogP contribution >= 0.6 is 0 Å². The molecule has 27 heavy (non-hydrogen) atoms. The van der Waals surface area contributed by atoms with Crippen molar-refractivity contribution >= 4 is 28.5 Å². The van der Waals surface area contributed by atoms with E-state index in [0.29, 0.717) is 5.71 Å². The number of anilines is 1. The molecule has 6 nitrogen and oxygen atoms in total. The van der Waals surface area contributed by atoms with E-state index in [4.69, 9.17) is 5.84 Å². The summed E-state index contributed by atoms with van der Waals surface area (Å²) in [5, 5.41) is 9.57. The van der Waals surface area contributed by atoms with E-state index in [9.17, 15) is 0 Å². The van der Waals surface area contributed by atoms with Gasteiger partial charge in [-0.2, -0.15) is 5.10 Å². The van der Waals surface area contributed by atoms with Crippen LogP contribution in [0.2, 0.25) is 0 Å². The molecular formula is C21H30N6. The first-order valence-electron chi connectivity index (χ1n) is 9.61. The van der Waals surface area contributed by atoms with Crippen LogP contribution < -0.4 is 11.2 Å². The van der Waals surface area contributed by atoms with Crippen molar-refractivity contribution in [2.45, 2.75) is 31.7 Å². The summed E-state index contributed by atoms with van der Waals surface area (Å²) in [5.74, 6) is 7.14. The number of pyridine rings is 1. The Morgan fingerprint density at radius 1 is 1.22 bits per heavy atom. The van der Waals surface area contributed by atoms with Crippen molar-refractivity contribution in [2.75, 3.05) is 33.0 Å². The van der Waals surface area contributed by atoms with Gasteiger partial charge in [-0.05, 0) is 63.2 Å². The maximum atomic E-state index is 5.49. The number of hydrogen-bond acceptors (Lipinski definition) is 6. The summed E-state index contributed by atoms with van der Waals surface area (Å²) in [4.78, 5) is 10.9. The molecule has 0 bridgehead atoms. The molecule has 2 aromatic rings. The largest absolute Gasteiger partial charge is 0.370 e. The molecule has 1 aliphatic carbocycles. The van der Waals surface area contributed by atoms with E-state index in [1.54, 1.807) is 13.3 Å². The zero-order valence-corrected chi connectivity index (χ0v) is 16.5. The van der Waals surface area contributed by atoms with Gasteiger partial charge >= 0.3 is 0 Å². The summed E-state index contributed by atoms with van der Waals surface area (Å²) in [7, 11) is 6.08. The number of hydrazone groups is 1. The van der Waals surface area contributed by atoms with Gasteiger partial charge in [-0.1, -0.05) is 12.1 Å². The normalized spacial score (nSPS) is 21.3. The molecule has 0 unspecified atom stereocenters. The van der Waals surface area contributed by atoms with Crippen molar-refractivity contribution in [3.63, 3.8) is 0 Å². The van der Waals surface area contributed by atoms with Gasteiger partial charge in [-0.3, -0.25) is 4.99 Å². The summed E-state index contributed by atoms with van der Waals surface area (Å²) in [5.41, 5.74) is 1.62. The third kappa shape index (κ3) is 4.83. The quantitative estimate of drug-likeness (QED) is 0.468. The lowest BCUT2D eigenvalue weighted by atomic mass is 9.85. The Morgan fingerprint density at radius 3 is 2.67 bits per heavy atom. The second-order valence-corrected chi connectivity index (χ2v) is 7.55. The van der Waals surface area contributed by atoms with Crippen LogP contribution in [0.3, 0.4) is 0 Å². The third-order valence-electron chi connectivity index (χ3n) is 5.53. The summed E-state index contributed by atoms with van der Waals surface area (Å²) in [6.45, 7) is 0.982. The fourth-order valence-corrected chi connectivity index (χ4v) is 3.82. The molecule has 0 atom stereocenters. The van der Waals surface area contributed by atoms with Gasteiger partial charge in [0, 0.05) is 43.0 Å². The standard InChI is InChI=1S/C21H30N6/c1-23-14-20(26-22)16-6-7-17-13-25-21(11-18(17)10-16)24-12-15-4-8-19(9-5-15)27(2)3/h6-7,10-11,13-15,19H,4-5,8-9,12,22H2,1-3H3,(H,24,25). The molecule has 1 saturated carbocycles. The molecule has 0 radical (unpaired) electrons. The van der Waals surface area contributed by atoms with Gasteiger partial charge in [0.25, 0.3) is 0 Å². The van der Waals surface area contributed by atoms with E-state index in [-0.39, 0.29) is 0 Å².